The Labute approximate surface area is 465 Å². The maximum absolute atomic E-state index is 13.1. The predicted octanol–water partition coefficient (Wildman–Crippen LogP) is 15.2. The number of allylic oxidation sites excluding steroid dienone is 20. The fraction of sp³-hybridized carbons (Fsp3) is 0.631. The van der Waals surface area contributed by atoms with E-state index in [1.54, 1.807) is 0 Å². The first-order chi connectivity index (χ1) is 37.6. The minimum Gasteiger partial charge on any atom is -0.479 e. The van der Waals surface area contributed by atoms with E-state index in [0.717, 1.165) is 128 Å². The second-order valence-electron chi connectivity index (χ2n) is 19.5. The lowest BCUT2D eigenvalue weighted by Crippen LogP contribution is -2.61. The van der Waals surface area contributed by atoms with Gasteiger partial charge in [0.05, 0.1) is 6.61 Å². The van der Waals surface area contributed by atoms with Crippen LogP contribution in [0.1, 0.15) is 213 Å². The molecular formula is C65H102O12. The van der Waals surface area contributed by atoms with Gasteiger partial charge < -0.3 is 39.0 Å². The largest absolute Gasteiger partial charge is 0.479 e. The standard InChI is InChI=1S/C65H102O12/c1-4-7-10-13-16-19-22-25-28-29-32-33-36-39-42-45-48-51-57(66)73-54-56(75-58(67)52-49-46-43-40-37-34-30-26-23-20-17-14-11-8-5-2)55-74-65-63(61(70)60(69)62(77-65)64(71)72)76-59(68)53-50-47-44-41-38-35-31-27-24-21-18-15-12-9-6-3/h7-8,10-11,16-21,25-28,30-33,39,42,56,60-63,65,69-70H,4-6,9,12-15,22-24,29,34-38,40-41,43-55H2,1-3H3,(H,71,72)/b10-7-,11-8-,19-16-,20-17-,21-18-,28-25-,30-26-,31-27-,33-32-,42-39-. The van der Waals surface area contributed by atoms with Crippen molar-refractivity contribution in [2.45, 2.75) is 250 Å². The van der Waals surface area contributed by atoms with E-state index in [2.05, 4.69) is 136 Å². The Balaban J connectivity index is 2.76. The molecule has 0 aromatic heterocycles. The third-order valence-corrected chi connectivity index (χ3v) is 12.5. The van der Waals surface area contributed by atoms with Crippen LogP contribution in [0.15, 0.2) is 122 Å². The van der Waals surface area contributed by atoms with Crippen LogP contribution in [-0.2, 0) is 42.9 Å². The number of carboxylic acid groups (broad SMARTS) is 1. The van der Waals surface area contributed by atoms with E-state index in [1.807, 2.05) is 6.08 Å². The monoisotopic (exact) mass is 1070 g/mol. The van der Waals surface area contributed by atoms with Crippen molar-refractivity contribution in [2.24, 2.45) is 0 Å². The molecule has 1 heterocycles. The Hall–Kier alpha value is -4.88. The molecule has 0 spiro atoms. The van der Waals surface area contributed by atoms with E-state index < -0.39 is 67.3 Å². The van der Waals surface area contributed by atoms with Gasteiger partial charge in [-0.1, -0.05) is 194 Å². The maximum Gasteiger partial charge on any atom is 0.335 e. The molecule has 6 unspecified atom stereocenters. The fourth-order valence-electron chi connectivity index (χ4n) is 8.03. The number of unbranched alkanes of at least 4 members (excludes halogenated alkanes) is 14. The summed E-state index contributed by atoms with van der Waals surface area (Å²) in [5.74, 6) is -3.26. The van der Waals surface area contributed by atoms with Gasteiger partial charge in [0, 0.05) is 19.3 Å². The molecule has 6 atom stereocenters. The number of aliphatic carboxylic acids is 1. The topological polar surface area (TPSA) is 175 Å². The van der Waals surface area contributed by atoms with Crippen molar-refractivity contribution < 1.29 is 58.2 Å². The lowest BCUT2D eigenvalue weighted by molar-refractivity contribution is -0.301. The zero-order valence-electron chi connectivity index (χ0n) is 47.7. The highest BCUT2D eigenvalue weighted by atomic mass is 16.7. The van der Waals surface area contributed by atoms with Gasteiger partial charge in [-0.05, 0) is 122 Å². The van der Waals surface area contributed by atoms with Crippen LogP contribution in [-0.4, -0.2) is 89.2 Å². The first-order valence-electron chi connectivity index (χ1n) is 29.5. The molecule has 12 nitrogen and oxygen atoms in total. The fourth-order valence-corrected chi connectivity index (χ4v) is 8.03. The number of carbonyl (C=O) groups is 4. The molecule has 1 fully saturated rings. The number of ether oxygens (including phenoxy) is 5. The van der Waals surface area contributed by atoms with E-state index in [1.165, 1.54) is 19.3 Å². The average Bonchev–Trinajstić information content (AvgIpc) is 3.42. The van der Waals surface area contributed by atoms with Gasteiger partial charge in [0.25, 0.3) is 0 Å². The Kier molecular flexibility index (Phi) is 47.2. The van der Waals surface area contributed by atoms with Gasteiger partial charge in [-0.15, -0.1) is 0 Å². The first-order valence-corrected chi connectivity index (χ1v) is 29.5. The van der Waals surface area contributed by atoms with Crippen LogP contribution in [0.2, 0.25) is 0 Å². The molecule has 3 N–H and O–H groups in total. The summed E-state index contributed by atoms with van der Waals surface area (Å²) in [7, 11) is 0. The normalized spacial score (nSPS) is 18.9. The Morgan fingerprint density at radius 3 is 1.29 bits per heavy atom. The highest BCUT2D eigenvalue weighted by Crippen LogP contribution is 2.26. The van der Waals surface area contributed by atoms with Crippen LogP contribution < -0.4 is 0 Å². The number of rotatable bonds is 48. The first kappa shape index (κ1) is 70.1. The zero-order chi connectivity index (χ0) is 56.1. The second kappa shape index (κ2) is 51.9. The average molecular weight is 1080 g/mol. The number of esters is 3. The molecule has 0 radical (unpaired) electrons. The van der Waals surface area contributed by atoms with Gasteiger partial charge in [-0.2, -0.15) is 0 Å². The zero-order valence-corrected chi connectivity index (χ0v) is 47.7. The van der Waals surface area contributed by atoms with Gasteiger partial charge >= 0.3 is 23.9 Å². The molecule has 1 saturated heterocycles. The van der Waals surface area contributed by atoms with Crippen molar-refractivity contribution in [2.75, 3.05) is 13.2 Å². The Morgan fingerprint density at radius 2 is 0.831 bits per heavy atom. The summed E-state index contributed by atoms with van der Waals surface area (Å²) in [6.07, 6.45) is 58.8. The van der Waals surface area contributed by atoms with E-state index in [4.69, 9.17) is 23.7 Å². The second-order valence-corrected chi connectivity index (χ2v) is 19.5. The highest BCUT2D eigenvalue weighted by Gasteiger charge is 2.50. The summed E-state index contributed by atoms with van der Waals surface area (Å²) >= 11 is 0. The smallest absolute Gasteiger partial charge is 0.335 e. The van der Waals surface area contributed by atoms with Crippen molar-refractivity contribution in [3.8, 4) is 0 Å². The van der Waals surface area contributed by atoms with Gasteiger partial charge in [0.2, 0.25) is 0 Å². The van der Waals surface area contributed by atoms with Crippen LogP contribution >= 0.6 is 0 Å². The van der Waals surface area contributed by atoms with Crippen LogP contribution in [0.5, 0.6) is 0 Å². The number of aliphatic hydroxyl groups excluding tert-OH is 2. The molecule has 0 amide bonds. The van der Waals surface area contributed by atoms with Crippen LogP contribution in [0.4, 0.5) is 0 Å². The molecule has 0 aliphatic carbocycles. The molecule has 12 heteroatoms. The summed E-state index contributed by atoms with van der Waals surface area (Å²) in [5, 5.41) is 31.5. The number of hydrogen-bond acceptors (Lipinski definition) is 11. The number of hydrogen-bond donors (Lipinski definition) is 3. The van der Waals surface area contributed by atoms with Crippen molar-refractivity contribution in [3.63, 3.8) is 0 Å². The predicted molar refractivity (Wildman–Crippen MR) is 312 cm³/mol. The molecule has 434 valence electrons. The SMILES string of the molecule is CC/C=C\C/C=C\C/C=C\C/C=C\C/C=C\CCCC(=O)OCC(COC1OC(C(=O)O)C(O)C(O)C1OC(=O)CCCCCCC/C=C\C/C=C\CCCCC)OC(=O)CCCCCCC/C=C\C/C=C\C/C=C\CC. The van der Waals surface area contributed by atoms with Crippen LogP contribution in [0, 0.1) is 0 Å². The quantitative estimate of drug-likeness (QED) is 0.0228. The lowest BCUT2D eigenvalue weighted by atomic mass is 9.98. The maximum atomic E-state index is 13.1. The third-order valence-electron chi connectivity index (χ3n) is 12.5. The Bertz CT molecular complexity index is 1800. The number of carboxylic acids is 1. The van der Waals surface area contributed by atoms with Crippen molar-refractivity contribution in [1.82, 2.24) is 0 Å². The van der Waals surface area contributed by atoms with E-state index in [9.17, 15) is 34.5 Å². The summed E-state index contributed by atoms with van der Waals surface area (Å²) in [5.41, 5.74) is 0. The van der Waals surface area contributed by atoms with Gasteiger partial charge in [-0.3, -0.25) is 14.4 Å². The van der Waals surface area contributed by atoms with E-state index >= 15 is 0 Å². The van der Waals surface area contributed by atoms with Crippen molar-refractivity contribution >= 4 is 23.9 Å². The summed E-state index contributed by atoms with van der Waals surface area (Å²) in [6.45, 7) is 5.66. The van der Waals surface area contributed by atoms with Crippen LogP contribution in [0.3, 0.4) is 0 Å². The van der Waals surface area contributed by atoms with Gasteiger partial charge in [0.1, 0.15) is 18.8 Å². The van der Waals surface area contributed by atoms with Crippen LogP contribution in [0.25, 0.3) is 0 Å². The molecule has 0 aromatic rings. The Morgan fingerprint density at radius 1 is 0.442 bits per heavy atom. The number of aliphatic hydroxyl groups is 2. The molecule has 77 heavy (non-hydrogen) atoms. The van der Waals surface area contributed by atoms with E-state index in [0.29, 0.717) is 25.7 Å². The molecule has 0 aromatic carbocycles. The molecule has 1 aliphatic rings. The van der Waals surface area contributed by atoms with Gasteiger partial charge in [-0.25, -0.2) is 4.79 Å². The molecule has 0 saturated carbocycles. The summed E-state index contributed by atoms with van der Waals surface area (Å²) < 4.78 is 28.3. The summed E-state index contributed by atoms with van der Waals surface area (Å²) in [6, 6.07) is 0. The van der Waals surface area contributed by atoms with Crippen molar-refractivity contribution in [3.05, 3.63) is 122 Å². The summed E-state index contributed by atoms with van der Waals surface area (Å²) in [4.78, 5) is 51.1. The number of carbonyl (C=O) groups excluding carboxylic acids is 3. The van der Waals surface area contributed by atoms with Gasteiger partial charge in [0.15, 0.2) is 24.6 Å². The minimum absolute atomic E-state index is 0.0304. The minimum atomic E-state index is -1.92. The van der Waals surface area contributed by atoms with E-state index in [-0.39, 0.29) is 25.9 Å². The van der Waals surface area contributed by atoms with Crippen molar-refractivity contribution in [1.29, 1.82) is 0 Å². The molecule has 1 rings (SSSR count). The molecule has 0 bridgehead atoms. The lowest BCUT2D eigenvalue weighted by Gasteiger charge is -2.40. The molecule has 1 aliphatic heterocycles. The third kappa shape index (κ3) is 41.8. The molecular weight excluding hydrogens is 973 g/mol. The highest BCUT2D eigenvalue weighted by molar-refractivity contribution is 5.74.